The molecule has 0 spiro atoms. The summed E-state index contributed by atoms with van der Waals surface area (Å²) >= 11 is 0. The van der Waals surface area contributed by atoms with Crippen molar-refractivity contribution in [3.05, 3.63) is 0 Å². The van der Waals surface area contributed by atoms with E-state index in [1.165, 1.54) is 13.0 Å². The Hall–Kier alpha value is 0.350. The lowest BCUT2D eigenvalue weighted by atomic mass is 10.2. The van der Waals surface area contributed by atoms with Crippen molar-refractivity contribution in [1.82, 2.24) is 9.34 Å². The predicted octanol–water partition coefficient (Wildman–Crippen LogP) is 1.15. The summed E-state index contributed by atoms with van der Waals surface area (Å²) < 4.78 is 4.78. The zero-order valence-corrected chi connectivity index (χ0v) is 7.39. The summed E-state index contributed by atoms with van der Waals surface area (Å²) in [6, 6.07) is 0.791. The Balaban J connectivity index is 2.35. The minimum Gasteiger partial charge on any atom is -0.275 e. The molecular formula is C6H15N2P. The average Bonchev–Trinajstić information content (AvgIpc) is 1.80. The fourth-order valence-corrected chi connectivity index (χ4v) is 2.09. The zero-order valence-electron chi connectivity index (χ0n) is 6.39. The SMILES string of the molecule is CC1CCN(C)PN1C. The Bertz CT molecular complexity index is 97.1. The van der Waals surface area contributed by atoms with Gasteiger partial charge in [0.25, 0.3) is 0 Å². The van der Waals surface area contributed by atoms with Crippen LogP contribution in [0.1, 0.15) is 13.3 Å². The highest BCUT2D eigenvalue weighted by molar-refractivity contribution is 7.32. The van der Waals surface area contributed by atoms with Gasteiger partial charge in [0.1, 0.15) is 0 Å². The summed E-state index contributed by atoms with van der Waals surface area (Å²) in [5, 5.41) is 0. The van der Waals surface area contributed by atoms with Gasteiger partial charge in [0.15, 0.2) is 0 Å². The Morgan fingerprint density at radius 3 is 2.56 bits per heavy atom. The summed E-state index contributed by atoms with van der Waals surface area (Å²) in [4.78, 5) is 0. The van der Waals surface area contributed by atoms with E-state index in [0.29, 0.717) is 0 Å². The molecule has 1 rings (SSSR count). The molecule has 0 bridgehead atoms. The molecule has 2 nitrogen and oxygen atoms in total. The second kappa shape index (κ2) is 2.96. The number of hydrogen-bond donors (Lipinski definition) is 0. The van der Waals surface area contributed by atoms with Crippen LogP contribution in [0.15, 0.2) is 0 Å². The molecule has 1 saturated heterocycles. The van der Waals surface area contributed by atoms with E-state index >= 15 is 0 Å². The van der Waals surface area contributed by atoms with E-state index in [-0.39, 0.29) is 0 Å². The normalized spacial score (nSPS) is 35.7. The molecular weight excluding hydrogens is 131 g/mol. The van der Waals surface area contributed by atoms with E-state index in [1.807, 2.05) is 0 Å². The fraction of sp³-hybridized carbons (Fsp3) is 1.00. The quantitative estimate of drug-likeness (QED) is 0.473. The summed E-state index contributed by atoms with van der Waals surface area (Å²) in [5.74, 6) is 0. The van der Waals surface area contributed by atoms with Gasteiger partial charge in [-0.3, -0.25) is 9.34 Å². The van der Waals surface area contributed by atoms with Gasteiger partial charge in [-0.15, -0.1) is 0 Å². The molecule has 0 aromatic heterocycles. The molecule has 1 heterocycles. The van der Waals surface area contributed by atoms with Crippen LogP contribution in [0, 0.1) is 0 Å². The van der Waals surface area contributed by atoms with E-state index in [2.05, 4.69) is 30.4 Å². The highest BCUT2D eigenvalue weighted by Crippen LogP contribution is 2.28. The van der Waals surface area contributed by atoms with Gasteiger partial charge >= 0.3 is 0 Å². The molecule has 0 amide bonds. The van der Waals surface area contributed by atoms with E-state index in [0.717, 1.165) is 14.9 Å². The summed E-state index contributed by atoms with van der Waals surface area (Å²) in [7, 11) is 5.27. The van der Waals surface area contributed by atoms with Gasteiger partial charge in [-0.2, -0.15) is 0 Å². The fourth-order valence-electron chi connectivity index (χ4n) is 0.992. The van der Waals surface area contributed by atoms with Crippen LogP contribution >= 0.6 is 8.88 Å². The minimum atomic E-state index is 0.791. The first-order valence-electron chi connectivity index (χ1n) is 3.40. The van der Waals surface area contributed by atoms with Crippen LogP contribution in [-0.2, 0) is 0 Å². The van der Waals surface area contributed by atoms with Gasteiger partial charge in [0.05, 0.1) is 0 Å². The minimum absolute atomic E-state index is 0.791. The second-order valence-corrected chi connectivity index (χ2v) is 4.44. The molecule has 0 aromatic carbocycles. The monoisotopic (exact) mass is 146 g/mol. The Kier molecular flexibility index (Phi) is 2.45. The van der Waals surface area contributed by atoms with Crippen LogP contribution in [0.2, 0.25) is 0 Å². The molecule has 1 fully saturated rings. The largest absolute Gasteiger partial charge is 0.275 e. The number of rotatable bonds is 0. The van der Waals surface area contributed by atoms with Gasteiger partial charge in [-0.05, 0) is 27.4 Å². The molecule has 0 aromatic rings. The Labute approximate surface area is 59.1 Å². The summed E-state index contributed by atoms with van der Waals surface area (Å²) in [6.45, 7) is 3.56. The van der Waals surface area contributed by atoms with Gasteiger partial charge < -0.3 is 0 Å². The predicted molar refractivity (Wildman–Crippen MR) is 42.8 cm³/mol. The van der Waals surface area contributed by atoms with Gasteiger partial charge in [-0.1, -0.05) is 0 Å². The van der Waals surface area contributed by atoms with Crippen molar-refractivity contribution in [2.24, 2.45) is 0 Å². The van der Waals surface area contributed by atoms with Crippen LogP contribution in [0.25, 0.3) is 0 Å². The van der Waals surface area contributed by atoms with Crippen molar-refractivity contribution in [2.45, 2.75) is 19.4 Å². The van der Waals surface area contributed by atoms with Crippen molar-refractivity contribution in [2.75, 3.05) is 20.6 Å². The molecule has 1 aliphatic heterocycles. The first-order valence-corrected chi connectivity index (χ1v) is 4.30. The number of hydrogen-bond acceptors (Lipinski definition) is 2. The third-order valence-corrected chi connectivity index (χ3v) is 3.19. The van der Waals surface area contributed by atoms with Crippen molar-refractivity contribution in [3.8, 4) is 0 Å². The molecule has 0 radical (unpaired) electrons. The molecule has 0 aliphatic carbocycles. The molecule has 1 aliphatic rings. The van der Waals surface area contributed by atoms with E-state index in [9.17, 15) is 0 Å². The highest BCUT2D eigenvalue weighted by atomic mass is 31.1. The van der Waals surface area contributed by atoms with Crippen LogP contribution in [0.5, 0.6) is 0 Å². The smallest absolute Gasteiger partial charge is 0.0237 e. The topological polar surface area (TPSA) is 6.48 Å². The van der Waals surface area contributed by atoms with Crippen LogP contribution < -0.4 is 0 Å². The maximum absolute atomic E-state index is 2.41. The van der Waals surface area contributed by atoms with Crippen LogP contribution in [-0.4, -0.2) is 36.0 Å². The lowest BCUT2D eigenvalue weighted by Gasteiger charge is -2.35. The van der Waals surface area contributed by atoms with Crippen molar-refractivity contribution < 1.29 is 0 Å². The van der Waals surface area contributed by atoms with Crippen molar-refractivity contribution in [3.63, 3.8) is 0 Å². The first-order chi connectivity index (χ1) is 4.20. The van der Waals surface area contributed by atoms with E-state index in [1.54, 1.807) is 0 Å². The lowest BCUT2D eigenvalue weighted by Crippen LogP contribution is -2.33. The molecule has 0 N–H and O–H groups in total. The summed E-state index contributed by atoms with van der Waals surface area (Å²) in [5.41, 5.74) is 0. The Morgan fingerprint density at radius 1 is 1.44 bits per heavy atom. The molecule has 3 heteroatoms. The van der Waals surface area contributed by atoms with E-state index < -0.39 is 0 Å². The molecule has 0 saturated carbocycles. The molecule has 54 valence electrons. The highest BCUT2D eigenvalue weighted by Gasteiger charge is 2.16. The van der Waals surface area contributed by atoms with Crippen molar-refractivity contribution >= 4 is 8.88 Å². The molecule has 2 atom stereocenters. The lowest BCUT2D eigenvalue weighted by molar-refractivity contribution is 0.318. The summed E-state index contributed by atoms with van der Waals surface area (Å²) in [6.07, 6.45) is 1.32. The third kappa shape index (κ3) is 1.89. The number of nitrogens with zero attached hydrogens (tertiary/aromatic N) is 2. The van der Waals surface area contributed by atoms with Crippen molar-refractivity contribution in [1.29, 1.82) is 0 Å². The zero-order chi connectivity index (χ0) is 6.85. The molecule has 2 unspecified atom stereocenters. The standard InChI is InChI=1S/C6H15N2P/c1-6-4-5-7(2)9-8(6)3/h6,9H,4-5H2,1-3H3. The maximum atomic E-state index is 2.41. The Morgan fingerprint density at radius 2 is 2.11 bits per heavy atom. The van der Waals surface area contributed by atoms with Gasteiger partial charge in [0, 0.05) is 21.5 Å². The molecule has 9 heavy (non-hydrogen) atoms. The van der Waals surface area contributed by atoms with E-state index in [4.69, 9.17) is 0 Å². The average molecular weight is 146 g/mol. The second-order valence-electron chi connectivity index (χ2n) is 2.77. The van der Waals surface area contributed by atoms with Gasteiger partial charge in [0.2, 0.25) is 0 Å². The first kappa shape index (κ1) is 7.46. The van der Waals surface area contributed by atoms with Gasteiger partial charge in [-0.25, -0.2) is 0 Å². The van der Waals surface area contributed by atoms with Crippen LogP contribution in [0.3, 0.4) is 0 Å². The third-order valence-electron chi connectivity index (χ3n) is 1.87. The van der Waals surface area contributed by atoms with Crippen LogP contribution in [0.4, 0.5) is 0 Å². The maximum Gasteiger partial charge on any atom is 0.0237 e.